The Morgan fingerprint density at radius 1 is 1.41 bits per heavy atom. The summed E-state index contributed by atoms with van der Waals surface area (Å²) in [7, 11) is 0. The Bertz CT molecular complexity index is 353. The van der Waals surface area contributed by atoms with Crippen LogP contribution in [0, 0.1) is 23.2 Å². The SMILES string of the molecule is CC(C)(C)OC(=O)N1CC2CCCC2C1C#N. The van der Waals surface area contributed by atoms with Gasteiger partial charge in [0.1, 0.15) is 11.6 Å². The first kappa shape index (κ1) is 12.2. The minimum absolute atomic E-state index is 0.280. The molecule has 0 spiro atoms. The number of rotatable bonds is 0. The molecule has 1 saturated carbocycles. The number of carbonyl (C=O) groups is 1. The molecule has 4 heteroatoms. The number of nitriles is 1. The highest BCUT2D eigenvalue weighted by Gasteiger charge is 2.47. The van der Waals surface area contributed by atoms with Gasteiger partial charge in [-0.15, -0.1) is 0 Å². The van der Waals surface area contributed by atoms with Crippen molar-refractivity contribution < 1.29 is 9.53 Å². The van der Waals surface area contributed by atoms with Gasteiger partial charge in [0, 0.05) is 6.54 Å². The van der Waals surface area contributed by atoms with Crippen molar-refractivity contribution in [3.8, 4) is 6.07 Å². The molecule has 3 atom stereocenters. The lowest BCUT2D eigenvalue weighted by Crippen LogP contribution is -2.40. The lowest BCUT2D eigenvalue weighted by molar-refractivity contribution is 0.0240. The van der Waals surface area contributed by atoms with Gasteiger partial charge in [0.2, 0.25) is 0 Å². The Balaban J connectivity index is 2.07. The number of hydrogen-bond donors (Lipinski definition) is 0. The standard InChI is InChI=1S/C13H20N2O2/c1-13(2,3)17-12(16)15-8-9-5-4-6-10(9)11(15)7-14/h9-11H,4-6,8H2,1-3H3. The molecule has 17 heavy (non-hydrogen) atoms. The molecule has 0 N–H and O–H groups in total. The lowest BCUT2D eigenvalue weighted by atomic mass is 9.95. The average molecular weight is 236 g/mol. The number of carbonyl (C=O) groups excluding carboxylic acids is 1. The Hall–Kier alpha value is -1.24. The molecule has 94 valence electrons. The van der Waals surface area contributed by atoms with Crippen LogP contribution >= 0.6 is 0 Å². The summed E-state index contributed by atoms with van der Waals surface area (Å²) in [6.07, 6.45) is 3.07. The van der Waals surface area contributed by atoms with Gasteiger partial charge in [-0.1, -0.05) is 6.42 Å². The second-order valence-corrected chi connectivity index (χ2v) is 6.06. The third-order valence-electron chi connectivity index (χ3n) is 3.65. The van der Waals surface area contributed by atoms with Gasteiger partial charge in [0.25, 0.3) is 0 Å². The molecule has 0 aromatic carbocycles. The highest BCUT2D eigenvalue weighted by atomic mass is 16.6. The molecule has 3 unspecified atom stereocenters. The fourth-order valence-electron chi connectivity index (χ4n) is 2.98. The van der Waals surface area contributed by atoms with E-state index in [9.17, 15) is 10.1 Å². The summed E-state index contributed by atoms with van der Waals surface area (Å²) >= 11 is 0. The van der Waals surface area contributed by atoms with E-state index in [0.29, 0.717) is 18.4 Å². The first-order valence-corrected chi connectivity index (χ1v) is 6.31. The van der Waals surface area contributed by atoms with Gasteiger partial charge in [0.05, 0.1) is 6.07 Å². The molecule has 1 heterocycles. The van der Waals surface area contributed by atoms with Crippen molar-refractivity contribution in [1.82, 2.24) is 4.90 Å². The van der Waals surface area contributed by atoms with Crippen molar-refractivity contribution in [2.24, 2.45) is 11.8 Å². The summed E-state index contributed by atoms with van der Waals surface area (Å²) in [6, 6.07) is 2.00. The number of hydrogen-bond acceptors (Lipinski definition) is 3. The van der Waals surface area contributed by atoms with Crippen molar-refractivity contribution in [1.29, 1.82) is 5.26 Å². The van der Waals surface area contributed by atoms with E-state index in [4.69, 9.17) is 4.74 Å². The lowest BCUT2D eigenvalue weighted by Gasteiger charge is -2.27. The highest BCUT2D eigenvalue weighted by Crippen LogP contribution is 2.42. The maximum atomic E-state index is 12.0. The number of ether oxygens (including phenoxy) is 1. The van der Waals surface area contributed by atoms with Crippen molar-refractivity contribution in [3.05, 3.63) is 0 Å². The van der Waals surface area contributed by atoms with Gasteiger partial charge in [-0.05, 0) is 45.4 Å². The van der Waals surface area contributed by atoms with Gasteiger partial charge in [-0.3, -0.25) is 4.90 Å². The van der Waals surface area contributed by atoms with Gasteiger partial charge in [0.15, 0.2) is 0 Å². The Morgan fingerprint density at radius 3 is 2.71 bits per heavy atom. The Kier molecular flexibility index (Phi) is 3.03. The molecule has 1 saturated heterocycles. The van der Waals surface area contributed by atoms with E-state index < -0.39 is 5.60 Å². The second-order valence-electron chi connectivity index (χ2n) is 6.06. The zero-order valence-electron chi connectivity index (χ0n) is 10.8. The predicted molar refractivity (Wildman–Crippen MR) is 63.2 cm³/mol. The molecule has 2 fully saturated rings. The van der Waals surface area contributed by atoms with E-state index in [1.165, 1.54) is 6.42 Å². The molecule has 0 aromatic rings. The highest BCUT2D eigenvalue weighted by molar-refractivity contribution is 5.69. The monoisotopic (exact) mass is 236 g/mol. The first-order valence-electron chi connectivity index (χ1n) is 6.31. The third-order valence-corrected chi connectivity index (χ3v) is 3.65. The maximum Gasteiger partial charge on any atom is 0.411 e. The molecule has 0 radical (unpaired) electrons. The summed E-state index contributed by atoms with van der Waals surface area (Å²) in [5.74, 6) is 0.875. The summed E-state index contributed by atoms with van der Waals surface area (Å²) in [4.78, 5) is 13.6. The summed E-state index contributed by atoms with van der Waals surface area (Å²) in [6.45, 7) is 6.24. The maximum absolute atomic E-state index is 12.0. The quantitative estimate of drug-likeness (QED) is 0.649. The van der Waals surface area contributed by atoms with E-state index in [-0.39, 0.29) is 12.1 Å². The summed E-state index contributed by atoms with van der Waals surface area (Å²) < 4.78 is 5.35. The normalized spacial score (nSPS) is 32.1. The first-order chi connectivity index (χ1) is 7.92. The van der Waals surface area contributed by atoms with E-state index in [1.807, 2.05) is 20.8 Å². The van der Waals surface area contributed by atoms with Gasteiger partial charge < -0.3 is 4.74 Å². The van der Waals surface area contributed by atoms with E-state index in [1.54, 1.807) is 4.90 Å². The molecule has 2 rings (SSSR count). The van der Waals surface area contributed by atoms with Crippen LogP contribution in [0.2, 0.25) is 0 Å². The number of fused-ring (bicyclic) bond motifs is 1. The summed E-state index contributed by atoms with van der Waals surface area (Å²) in [5.41, 5.74) is -0.491. The predicted octanol–water partition coefficient (Wildman–Crippen LogP) is 2.55. The molecule has 4 nitrogen and oxygen atoms in total. The van der Waals surface area contributed by atoms with Crippen LogP contribution in [-0.2, 0) is 4.74 Å². The smallest absolute Gasteiger partial charge is 0.411 e. The van der Waals surface area contributed by atoms with Crippen LogP contribution < -0.4 is 0 Å². The van der Waals surface area contributed by atoms with Crippen molar-refractivity contribution in [2.45, 2.75) is 51.7 Å². The van der Waals surface area contributed by atoms with Gasteiger partial charge >= 0.3 is 6.09 Å². The minimum atomic E-state index is -0.491. The zero-order chi connectivity index (χ0) is 12.6. The van der Waals surface area contributed by atoms with Crippen LogP contribution in [0.5, 0.6) is 0 Å². The van der Waals surface area contributed by atoms with Crippen LogP contribution in [0.4, 0.5) is 4.79 Å². The molecule has 1 aliphatic heterocycles. The molecule has 2 aliphatic rings. The molecular weight excluding hydrogens is 216 g/mol. The minimum Gasteiger partial charge on any atom is -0.444 e. The molecule has 1 aliphatic carbocycles. The van der Waals surface area contributed by atoms with Crippen LogP contribution in [-0.4, -0.2) is 29.2 Å². The molecular formula is C13H20N2O2. The molecule has 1 amide bonds. The van der Waals surface area contributed by atoms with Crippen LogP contribution in [0.3, 0.4) is 0 Å². The zero-order valence-corrected chi connectivity index (χ0v) is 10.8. The van der Waals surface area contributed by atoms with Gasteiger partial charge in [-0.2, -0.15) is 5.26 Å². The van der Waals surface area contributed by atoms with Crippen LogP contribution in [0.1, 0.15) is 40.0 Å². The Morgan fingerprint density at radius 2 is 2.12 bits per heavy atom. The van der Waals surface area contributed by atoms with E-state index in [0.717, 1.165) is 12.8 Å². The van der Waals surface area contributed by atoms with Crippen molar-refractivity contribution in [2.75, 3.05) is 6.54 Å². The fourth-order valence-corrected chi connectivity index (χ4v) is 2.98. The van der Waals surface area contributed by atoms with Crippen LogP contribution in [0.25, 0.3) is 0 Å². The molecule has 0 bridgehead atoms. The molecule has 0 aromatic heterocycles. The van der Waals surface area contributed by atoms with E-state index in [2.05, 4.69) is 6.07 Å². The van der Waals surface area contributed by atoms with Crippen molar-refractivity contribution in [3.63, 3.8) is 0 Å². The number of nitrogens with zero attached hydrogens (tertiary/aromatic N) is 2. The largest absolute Gasteiger partial charge is 0.444 e. The summed E-state index contributed by atoms with van der Waals surface area (Å²) in [5, 5.41) is 9.23. The fraction of sp³-hybridized carbons (Fsp3) is 0.846. The second kappa shape index (κ2) is 4.21. The topological polar surface area (TPSA) is 53.3 Å². The number of amides is 1. The van der Waals surface area contributed by atoms with Gasteiger partial charge in [-0.25, -0.2) is 4.79 Å². The van der Waals surface area contributed by atoms with Crippen molar-refractivity contribution >= 4 is 6.09 Å². The van der Waals surface area contributed by atoms with E-state index >= 15 is 0 Å². The van der Waals surface area contributed by atoms with Crippen LogP contribution in [0.15, 0.2) is 0 Å². The number of likely N-dealkylation sites (tertiary alicyclic amines) is 1. The average Bonchev–Trinajstić information content (AvgIpc) is 2.72. The Labute approximate surface area is 103 Å². The third kappa shape index (κ3) is 2.38.